The predicted molar refractivity (Wildman–Crippen MR) is 105 cm³/mol. The quantitative estimate of drug-likeness (QED) is 0.873. The summed E-state index contributed by atoms with van der Waals surface area (Å²) >= 11 is 0. The fourth-order valence-electron chi connectivity index (χ4n) is 4.06. The molecule has 1 aromatic rings. The minimum Gasteiger partial charge on any atom is -0.369 e. The minimum absolute atomic E-state index is 0.241. The van der Waals surface area contributed by atoms with Crippen molar-refractivity contribution >= 4 is 27.3 Å². The van der Waals surface area contributed by atoms with E-state index in [0.717, 1.165) is 24.2 Å². The van der Waals surface area contributed by atoms with Gasteiger partial charge in [-0.1, -0.05) is 0 Å². The van der Waals surface area contributed by atoms with E-state index >= 15 is 0 Å². The Morgan fingerprint density at radius 1 is 1.15 bits per heavy atom. The number of hydrogen-bond acceptors (Lipinski definition) is 4. The SMILES string of the molecule is Cc1cc(N2CCCC[C@@H]2C)ccc1NC(=O)[C@@H]1CCCN1S(C)(=O)=O. The normalized spacial score (nSPS) is 24.7. The van der Waals surface area contributed by atoms with Crippen molar-refractivity contribution in [2.24, 2.45) is 0 Å². The lowest BCUT2D eigenvalue weighted by atomic mass is 10.0. The topological polar surface area (TPSA) is 69.7 Å². The summed E-state index contributed by atoms with van der Waals surface area (Å²) < 4.78 is 25.0. The maximum absolute atomic E-state index is 12.6. The number of carbonyl (C=O) groups is 1. The fourth-order valence-corrected chi connectivity index (χ4v) is 5.19. The molecule has 0 unspecified atom stereocenters. The Balaban J connectivity index is 1.73. The van der Waals surface area contributed by atoms with Crippen molar-refractivity contribution < 1.29 is 13.2 Å². The van der Waals surface area contributed by atoms with E-state index < -0.39 is 16.1 Å². The van der Waals surface area contributed by atoms with Crippen LogP contribution in [-0.4, -0.2) is 50.1 Å². The molecule has 2 saturated heterocycles. The molecule has 0 radical (unpaired) electrons. The molecule has 0 aromatic heterocycles. The van der Waals surface area contributed by atoms with Gasteiger partial charge in [0.1, 0.15) is 6.04 Å². The largest absolute Gasteiger partial charge is 0.369 e. The van der Waals surface area contributed by atoms with Crippen LogP contribution < -0.4 is 10.2 Å². The van der Waals surface area contributed by atoms with Crippen LogP contribution in [0.1, 0.15) is 44.6 Å². The second-order valence-corrected chi connectivity index (χ2v) is 9.49. The number of rotatable bonds is 4. The Kier molecular flexibility index (Phi) is 5.58. The van der Waals surface area contributed by atoms with Crippen molar-refractivity contribution in [3.8, 4) is 0 Å². The fraction of sp³-hybridized carbons (Fsp3) is 0.632. The third-order valence-corrected chi connectivity index (χ3v) is 6.82. The molecule has 1 amide bonds. The van der Waals surface area contributed by atoms with Crippen molar-refractivity contribution in [3.05, 3.63) is 23.8 Å². The maximum Gasteiger partial charge on any atom is 0.242 e. The molecule has 1 N–H and O–H groups in total. The van der Waals surface area contributed by atoms with Gasteiger partial charge in [-0.05, 0) is 69.7 Å². The lowest BCUT2D eigenvalue weighted by Crippen LogP contribution is -2.42. The van der Waals surface area contributed by atoms with Gasteiger partial charge in [-0.3, -0.25) is 4.79 Å². The Labute approximate surface area is 156 Å². The maximum atomic E-state index is 12.6. The van der Waals surface area contributed by atoms with Gasteiger partial charge in [0.05, 0.1) is 6.26 Å². The molecular weight excluding hydrogens is 350 g/mol. The summed E-state index contributed by atoms with van der Waals surface area (Å²) in [6.07, 6.45) is 6.16. The van der Waals surface area contributed by atoms with Gasteiger partial charge in [0.15, 0.2) is 0 Å². The van der Waals surface area contributed by atoms with Crippen molar-refractivity contribution in [1.82, 2.24) is 4.31 Å². The molecule has 7 heteroatoms. The zero-order valence-corrected chi connectivity index (χ0v) is 16.7. The molecular formula is C19H29N3O3S. The van der Waals surface area contributed by atoms with Gasteiger partial charge in [0.2, 0.25) is 15.9 Å². The molecule has 144 valence electrons. The van der Waals surface area contributed by atoms with Crippen molar-refractivity contribution in [2.75, 3.05) is 29.6 Å². The third-order valence-electron chi connectivity index (χ3n) is 5.53. The molecule has 6 nitrogen and oxygen atoms in total. The number of nitrogens with zero attached hydrogens (tertiary/aromatic N) is 2. The number of carbonyl (C=O) groups excluding carboxylic acids is 1. The summed E-state index contributed by atoms with van der Waals surface area (Å²) in [6, 6.07) is 6.02. The van der Waals surface area contributed by atoms with Crippen molar-refractivity contribution in [3.63, 3.8) is 0 Å². The molecule has 0 aliphatic carbocycles. The summed E-state index contributed by atoms with van der Waals surface area (Å²) in [5, 5.41) is 2.93. The van der Waals surface area contributed by atoms with E-state index in [4.69, 9.17) is 0 Å². The molecule has 3 rings (SSSR count). The van der Waals surface area contributed by atoms with Gasteiger partial charge in [-0.2, -0.15) is 4.31 Å². The van der Waals surface area contributed by atoms with E-state index in [0.29, 0.717) is 19.0 Å². The molecule has 2 aliphatic rings. The van der Waals surface area contributed by atoms with E-state index in [-0.39, 0.29) is 5.91 Å². The highest BCUT2D eigenvalue weighted by Crippen LogP contribution is 2.29. The van der Waals surface area contributed by atoms with Crippen LogP contribution in [0.5, 0.6) is 0 Å². The first kappa shape index (κ1) is 19.2. The van der Waals surface area contributed by atoms with Gasteiger partial charge >= 0.3 is 0 Å². The Hall–Kier alpha value is -1.60. The standard InChI is InChI=1S/C19H29N3O3S/c1-14-13-16(21-11-5-4-7-15(21)2)9-10-17(14)20-19(23)18-8-6-12-22(18)26(3,24)25/h9-10,13,15,18H,4-8,11-12H2,1-3H3,(H,20,23)/t15-,18-/m0/s1. The van der Waals surface area contributed by atoms with Crippen molar-refractivity contribution in [1.29, 1.82) is 0 Å². The Morgan fingerprint density at radius 2 is 1.92 bits per heavy atom. The second-order valence-electron chi connectivity index (χ2n) is 7.56. The summed E-state index contributed by atoms with van der Waals surface area (Å²) in [4.78, 5) is 15.1. The van der Waals surface area contributed by atoms with Crippen LogP contribution in [0.2, 0.25) is 0 Å². The highest BCUT2D eigenvalue weighted by Gasteiger charge is 2.36. The number of benzene rings is 1. The van der Waals surface area contributed by atoms with Crippen LogP contribution in [-0.2, 0) is 14.8 Å². The molecule has 0 bridgehead atoms. The van der Waals surface area contributed by atoms with Gasteiger partial charge in [0.25, 0.3) is 0 Å². The number of nitrogens with one attached hydrogen (secondary N) is 1. The number of aryl methyl sites for hydroxylation is 1. The van der Waals surface area contributed by atoms with Crippen molar-refractivity contribution in [2.45, 2.75) is 58.0 Å². The van der Waals surface area contributed by atoms with Crippen LogP contribution in [0.4, 0.5) is 11.4 Å². The number of piperidine rings is 1. The van der Waals surface area contributed by atoms with E-state index in [1.165, 1.54) is 35.5 Å². The van der Waals surface area contributed by atoms with E-state index in [1.54, 1.807) is 0 Å². The Bertz CT molecular complexity index is 778. The second kappa shape index (κ2) is 7.56. The number of sulfonamides is 1. The van der Waals surface area contributed by atoms with Crippen LogP contribution >= 0.6 is 0 Å². The highest BCUT2D eigenvalue weighted by atomic mass is 32.2. The van der Waals surface area contributed by atoms with Crippen LogP contribution in [0.15, 0.2) is 18.2 Å². The zero-order chi connectivity index (χ0) is 18.9. The van der Waals surface area contributed by atoms with Crippen LogP contribution in [0.3, 0.4) is 0 Å². The first-order chi connectivity index (χ1) is 12.3. The van der Waals surface area contributed by atoms with Crippen LogP contribution in [0, 0.1) is 6.92 Å². The van der Waals surface area contributed by atoms with E-state index in [1.807, 2.05) is 19.1 Å². The average Bonchev–Trinajstić information content (AvgIpc) is 3.07. The summed E-state index contributed by atoms with van der Waals surface area (Å²) in [7, 11) is -3.36. The highest BCUT2D eigenvalue weighted by molar-refractivity contribution is 7.88. The zero-order valence-electron chi connectivity index (χ0n) is 15.9. The van der Waals surface area contributed by atoms with Gasteiger partial charge < -0.3 is 10.2 Å². The first-order valence-corrected chi connectivity index (χ1v) is 11.3. The molecule has 0 saturated carbocycles. The smallest absolute Gasteiger partial charge is 0.242 e. The summed E-state index contributed by atoms with van der Waals surface area (Å²) in [5.74, 6) is -0.241. The number of amides is 1. The molecule has 26 heavy (non-hydrogen) atoms. The predicted octanol–water partition coefficient (Wildman–Crippen LogP) is 2.74. The van der Waals surface area contributed by atoms with E-state index in [2.05, 4.69) is 23.2 Å². The molecule has 2 atom stereocenters. The molecule has 2 aliphatic heterocycles. The third kappa shape index (κ3) is 4.04. The summed E-state index contributed by atoms with van der Waals surface area (Å²) in [6.45, 7) is 5.72. The molecule has 1 aromatic carbocycles. The lowest BCUT2D eigenvalue weighted by molar-refractivity contribution is -0.119. The minimum atomic E-state index is -3.36. The van der Waals surface area contributed by atoms with E-state index in [9.17, 15) is 13.2 Å². The Morgan fingerprint density at radius 3 is 2.58 bits per heavy atom. The van der Waals surface area contributed by atoms with Crippen LogP contribution in [0.25, 0.3) is 0 Å². The summed E-state index contributed by atoms with van der Waals surface area (Å²) in [5.41, 5.74) is 2.94. The molecule has 0 spiro atoms. The van der Waals surface area contributed by atoms with Gasteiger partial charge in [-0.15, -0.1) is 0 Å². The molecule has 2 heterocycles. The van der Waals surface area contributed by atoms with Gasteiger partial charge in [0, 0.05) is 30.5 Å². The monoisotopic (exact) mass is 379 g/mol. The molecule has 2 fully saturated rings. The average molecular weight is 380 g/mol. The van der Waals surface area contributed by atoms with Gasteiger partial charge in [-0.25, -0.2) is 8.42 Å². The first-order valence-electron chi connectivity index (χ1n) is 9.42. The lowest BCUT2D eigenvalue weighted by Gasteiger charge is -2.35. The number of hydrogen-bond donors (Lipinski definition) is 1. The number of anilines is 2.